The Labute approximate surface area is 60.7 Å². The smallest absolute Gasteiger partial charge is 0.209 e. The predicted molar refractivity (Wildman–Crippen MR) is 30.6 cm³/mol. The normalized spacial score (nSPS) is 49.2. The lowest BCUT2D eigenvalue weighted by Crippen LogP contribution is -2.59. The van der Waals surface area contributed by atoms with Gasteiger partial charge in [0, 0.05) is 0 Å². The molecule has 1 rings (SSSR count). The Balaban J connectivity index is 2.49. The van der Waals surface area contributed by atoms with E-state index in [0.29, 0.717) is 0 Å². The van der Waals surface area contributed by atoms with E-state index in [1.165, 1.54) is 0 Å². The van der Waals surface area contributed by atoms with Crippen LogP contribution in [0.1, 0.15) is 0 Å². The summed E-state index contributed by atoms with van der Waals surface area (Å²) in [6.07, 6.45) is -5.54. The molecule has 0 aliphatic carbocycles. The van der Waals surface area contributed by atoms with Crippen molar-refractivity contribution in [3.8, 4) is 0 Å². The summed E-state index contributed by atoms with van der Waals surface area (Å²) in [7, 11) is 0. The van der Waals surface area contributed by atoms with E-state index in [0.717, 1.165) is 0 Å². The summed E-state index contributed by atoms with van der Waals surface area (Å²) in [5.41, 5.74) is 0. The predicted octanol–water partition coefficient (Wildman–Crippen LogP) is 0.631. The van der Waals surface area contributed by atoms with Gasteiger partial charge in [-0.2, -0.15) is 0 Å². The molecule has 0 spiro atoms. The maximum atomic E-state index is 12.3. The average Bonchev–Trinajstić information content (AvgIpc) is 1.82. The summed E-state index contributed by atoms with van der Waals surface area (Å²) in [4.78, 5) is 0. The molecule has 6 heteroatoms. The second-order valence-electron chi connectivity index (χ2n) is 1.94. The molecule has 0 saturated carbocycles. The number of hydrogen-bond donors (Lipinski definition) is 2. The highest BCUT2D eigenvalue weighted by Crippen LogP contribution is 2.15. The first kappa shape index (κ1) is 8.10. The van der Waals surface area contributed by atoms with Crippen LogP contribution < -0.4 is 10.6 Å². The van der Waals surface area contributed by atoms with Crippen molar-refractivity contribution in [2.75, 3.05) is 0 Å². The van der Waals surface area contributed by atoms with Crippen molar-refractivity contribution in [2.45, 2.75) is 24.4 Å². The third-order valence-corrected chi connectivity index (χ3v) is 1.61. The van der Waals surface area contributed by atoms with Crippen LogP contribution in [0.3, 0.4) is 0 Å². The fourth-order valence-corrected chi connectivity index (χ4v) is 0.805. The van der Waals surface area contributed by atoms with Crippen molar-refractivity contribution >= 4 is 11.6 Å². The number of rotatable bonds is 0. The molecule has 2 atom stereocenters. The van der Waals surface area contributed by atoms with Gasteiger partial charge in [-0.05, 0) is 0 Å². The van der Waals surface area contributed by atoms with Crippen LogP contribution in [0.4, 0.5) is 13.2 Å². The molecule has 1 heterocycles. The minimum atomic E-state index is -1.86. The molecule has 1 aliphatic rings. The minimum Gasteiger partial charge on any atom is -0.244 e. The van der Waals surface area contributed by atoms with Gasteiger partial charge in [-0.25, -0.2) is 23.8 Å². The van der Waals surface area contributed by atoms with Crippen LogP contribution in [0.25, 0.3) is 0 Å². The van der Waals surface area contributed by atoms with E-state index < -0.39 is 24.4 Å². The second-order valence-corrected chi connectivity index (χ2v) is 2.45. The highest BCUT2D eigenvalue weighted by atomic mass is 35.5. The lowest BCUT2D eigenvalue weighted by atomic mass is 10.3. The van der Waals surface area contributed by atoms with E-state index in [9.17, 15) is 13.2 Å². The zero-order valence-corrected chi connectivity index (χ0v) is 5.58. The molecule has 10 heavy (non-hydrogen) atoms. The SMILES string of the molecule is FC1NC(F)C(Cl)C(F)N1. The van der Waals surface area contributed by atoms with E-state index in [2.05, 4.69) is 0 Å². The zero-order chi connectivity index (χ0) is 7.72. The largest absolute Gasteiger partial charge is 0.244 e. The standard InChI is InChI=1S/C4H6ClF3N2/c5-1-2(6)9-4(8)10-3(1)7/h1-4,9-10H. The molecule has 0 radical (unpaired) electrons. The van der Waals surface area contributed by atoms with Gasteiger partial charge in [0.25, 0.3) is 0 Å². The molecule has 0 aromatic rings. The van der Waals surface area contributed by atoms with Crippen LogP contribution in [0.5, 0.6) is 0 Å². The molecule has 2 N–H and O–H groups in total. The van der Waals surface area contributed by atoms with Crippen LogP contribution in [0, 0.1) is 0 Å². The van der Waals surface area contributed by atoms with Gasteiger partial charge in [0.2, 0.25) is 6.42 Å². The molecule has 60 valence electrons. The second kappa shape index (κ2) is 2.94. The first-order valence-corrected chi connectivity index (χ1v) is 3.13. The molecule has 0 aromatic heterocycles. The number of hydrogen-bond acceptors (Lipinski definition) is 2. The van der Waals surface area contributed by atoms with E-state index in [1.807, 2.05) is 0 Å². The molecule has 0 aromatic carbocycles. The topological polar surface area (TPSA) is 24.1 Å². The molecule has 1 aliphatic heterocycles. The summed E-state index contributed by atoms with van der Waals surface area (Å²) in [6.45, 7) is 0. The van der Waals surface area contributed by atoms with E-state index in [1.54, 1.807) is 10.6 Å². The third kappa shape index (κ3) is 1.53. The van der Waals surface area contributed by atoms with Crippen LogP contribution in [-0.2, 0) is 0 Å². The fraction of sp³-hybridized carbons (Fsp3) is 1.00. The monoisotopic (exact) mass is 174 g/mol. The molecule has 2 nitrogen and oxygen atoms in total. The number of nitrogens with one attached hydrogen (secondary N) is 2. The summed E-state index contributed by atoms with van der Waals surface area (Å²) in [5.74, 6) is 0. The Morgan fingerprint density at radius 1 is 1.00 bits per heavy atom. The molecular weight excluding hydrogens is 169 g/mol. The van der Waals surface area contributed by atoms with Gasteiger partial charge in [0.1, 0.15) is 5.38 Å². The maximum absolute atomic E-state index is 12.3. The molecule has 1 fully saturated rings. The van der Waals surface area contributed by atoms with Crippen molar-refractivity contribution in [1.82, 2.24) is 10.6 Å². The Morgan fingerprint density at radius 2 is 1.40 bits per heavy atom. The molecular formula is C4H6ClF3N2. The van der Waals surface area contributed by atoms with Crippen molar-refractivity contribution in [1.29, 1.82) is 0 Å². The minimum absolute atomic E-state index is 1.37. The Bertz CT molecular complexity index is 113. The van der Waals surface area contributed by atoms with Crippen LogP contribution >= 0.6 is 11.6 Å². The van der Waals surface area contributed by atoms with E-state index in [4.69, 9.17) is 11.6 Å². The summed E-state index contributed by atoms with van der Waals surface area (Å²) in [5, 5.41) is 2.12. The van der Waals surface area contributed by atoms with Gasteiger partial charge in [-0.3, -0.25) is 0 Å². The van der Waals surface area contributed by atoms with Crippen LogP contribution in [0.15, 0.2) is 0 Å². The number of alkyl halides is 4. The fourth-order valence-electron chi connectivity index (χ4n) is 0.660. The van der Waals surface area contributed by atoms with Gasteiger partial charge in [0.05, 0.1) is 0 Å². The highest BCUT2D eigenvalue weighted by Gasteiger charge is 2.36. The average molecular weight is 175 g/mol. The van der Waals surface area contributed by atoms with Crippen molar-refractivity contribution in [2.24, 2.45) is 0 Å². The molecule has 0 bridgehead atoms. The molecule has 2 unspecified atom stereocenters. The van der Waals surface area contributed by atoms with Crippen molar-refractivity contribution in [3.63, 3.8) is 0 Å². The highest BCUT2D eigenvalue weighted by molar-refractivity contribution is 6.21. The molecule has 0 amide bonds. The van der Waals surface area contributed by atoms with Crippen molar-refractivity contribution < 1.29 is 13.2 Å². The van der Waals surface area contributed by atoms with Crippen molar-refractivity contribution in [3.05, 3.63) is 0 Å². The Hall–Kier alpha value is -0.0000000000000000486. The quantitative estimate of drug-likeness (QED) is 0.416. The summed E-state index contributed by atoms with van der Waals surface area (Å²) < 4.78 is 36.7. The lowest BCUT2D eigenvalue weighted by Gasteiger charge is -2.29. The van der Waals surface area contributed by atoms with Gasteiger partial charge in [-0.15, -0.1) is 11.6 Å². The lowest BCUT2D eigenvalue weighted by molar-refractivity contribution is 0.0312. The zero-order valence-electron chi connectivity index (χ0n) is 4.82. The van der Waals surface area contributed by atoms with Gasteiger partial charge in [0.15, 0.2) is 12.6 Å². The molecule has 1 saturated heterocycles. The Kier molecular flexibility index (Phi) is 2.38. The van der Waals surface area contributed by atoms with Gasteiger partial charge < -0.3 is 0 Å². The first-order valence-electron chi connectivity index (χ1n) is 2.69. The van der Waals surface area contributed by atoms with E-state index >= 15 is 0 Å². The summed E-state index contributed by atoms with van der Waals surface area (Å²) >= 11 is 5.14. The van der Waals surface area contributed by atoms with Crippen LogP contribution in [-0.4, -0.2) is 24.4 Å². The third-order valence-electron chi connectivity index (χ3n) is 1.17. The number of halogens is 4. The Morgan fingerprint density at radius 3 is 1.80 bits per heavy atom. The summed E-state index contributed by atoms with van der Waals surface area (Å²) in [6, 6.07) is 0. The first-order chi connectivity index (χ1) is 4.61. The van der Waals surface area contributed by atoms with E-state index in [-0.39, 0.29) is 0 Å². The van der Waals surface area contributed by atoms with Gasteiger partial charge in [-0.1, -0.05) is 0 Å². The maximum Gasteiger partial charge on any atom is 0.209 e. The van der Waals surface area contributed by atoms with Crippen LogP contribution in [0.2, 0.25) is 0 Å². The van der Waals surface area contributed by atoms with Gasteiger partial charge >= 0.3 is 0 Å².